The third-order valence-corrected chi connectivity index (χ3v) is 5.50. The molecule has 0 bridgehead atoms. The lowest BCUT2D eigenvalue weighted by Crippen LogP contribution is -2.45. The van der Waals surface area contributed by atoms with E-state index in [0.717, 1.165) is 33.4 Å². The Morgan fingerprint density at radius 2 is 2.12 bits per heavy atom. The van der Waals surface area contributed by atoms with E-state index in [2.05, 4.69) is 10.1 Å². The first-order valence-corrected chi connectivity index (χ1v) is 9.42. The van der Waals surface area contributed by atoms with Gasteiger partial charge in [0.1, 0.15) is 5.75 Å². The molecule has 1 saturated heterocycles. The number of anilines is 1. The average Bonchev–Trinajstić information content (AvgIpc) is 2.99. The van der Waals surface area contributed by atoms with E-state index < -0.39 is 6.10 Å². The number of thiazole rings is 1. The highest BCUT2D eigenvalue weighted by Crippen LogP contribution is 2.31. The summed E-state index contributed by atoms with van der Waals surface area (Å²) < 4.78 is 5.39. The number of methoxy groups -OCH3 is 1. The van der Waals surface area contributed by atoms with Gasteiger partial charge in [0, 0.05) is 6.54 Å². The van der Waals surface area contributed by atoms with Gasteiger partial charge in [0.15, 0.2) is 0 Å². The fourth-order valence-electron chi connectivity index (χ4n) is 3.08. The highest BCUT2D eigenvalue weighted by atomic mass is 32.1. The van der Waals surface area contributed by atoms with Crippen LogP contribution in [0.1, 0.15) is 35.3 Å². The van der Waals surface area contributed by atoms with Crippen molar-refractivity contribution in [3.8, 4) is 5.75 Å². The Balaban J connectivity index is 1.76. The first-order chi connectivity index (χ1) is 12.5. The Kier molecular flexibility index (Phi) is 5.56. The number of carbonyl (C=O) groups is 1. The first kappa shape index (κ1) is 18.4. The number of para-hydroxylation sites is 2. The lowest BCUT2D eigenvalue weighted by Gasteiger charge is -2.31. The number of hydrogen-bond donors (Lipinski definition) is 0. The van der Waals surface area contributed by atoms with Crippen LogP contribution < -0.4 is 9.64 Å². The van der Waals surface area contributed by atoms with Crippen molar-refractivity contribution in [1.82, 2.24) is 4.98 Å². The minimum atomic E-state index is -0.585. The summed E-state index contributed by atoms with van der Waals surface area (Å²) in [5.74, 6) is 0.589. The zero-order valence-electron chi connectivity index (χ0n) is 15.5. The van der Waals surface area contributed by atoms with Crippen molar-refractivity contribution in [3.05, 3.63) is 39.8 Å². The number of amides is 1. The number of piperidine rings is 1. The fourth-order valence-corrected chi connectivity index (χ4v) is 3.94. The van der Waals surface area contributed by atoms with Crippen LogP contribution in [0.2, 0.25) is 0 Å². The molecule has 1 fully saturated rings. The number of aromatic nitrogens is 1. The largest absolute Gasteiger partial charge is 0.495 e. The lowest BCUT2D eigenvalue weighted by atomic mass is 10.1. The fraction of sp³-hybridized carbons (Fsp3) is 0.421. The molecular formula is C19H23N3O3S. The molecule has 2 heterocycles. The van der Waals surface area contributed by atoms with Crippen molar-refractivity contribution < 1.29 is 14.4 Å². The van der Waals surface area contributed by atoms with E-state index in [1.165, 1.54) is 0 Å². The van der Waals surface area contributed by atoms with Gasteiger partial charge >= 0.3 is 0 Å². The van der Waals surface area contributed by atoms with Gasteiger partial charge in [0.25, 0.3) is 5.91 Å². The van der Waals surface area contributed by atoms with Crippen molar-refractivity contribution in [3.63, 3.8) is 0 Å². The van der Waals surface area contributed by atoms with Gasteiger partial charge in [-0.05, 0) is 45.7 Å². The predicted octanol–water partition coefficient (Wildman–Crippen LogP) is 3.70. The van der Waals surface area contributed by atoms with Crippen molar-refractivity contribution in [2.75, 3.05) is 18.6 Å². The summed E-state index contributed by atoms with van der Waals surface area (Å²) in [6, 6.07) is 7.52. The van der Waals surface area contributed by atoms with Crippen LogP contribution in [-0.4, -0.2) is 36.4 Å². The molecule has 1 aliphatic heterocycles. The van der Waals surface area contributed by atoms with Crippen molar-refractivity contribution in [2.24, 2.45) is 5.16 Å². The van der Waals surface area contributed by atoms with E-state index in [9.17, 15) is 4.79 Å². The summed E-state index contributed by atoms with van der Waals surface area (Å²) in [5.41, 5.74) is 2.45. The van der Waals surface area contributed by atoms with Gasteiger partial charge in [0.2, 0.25) is 6.10 Å². The molecule has 138 valence electrons. The van der Waals surface area contributed by atoms with E-state index in [1.54, 1.807) is 23.3 Å². The van der Waals surface area contributed by atoms with Gasteiger partial charge in [0.05, 0.1) is 34.1 Å². The molecule has 0 N–H and O–H groups in total. The minimum absolute atomic E-state index is 0.0884. The topological polar surface area (TPSA) is 64.0 Å². The molecule has 1 aromatic heterocycles. The van der Waals surface area contributed by atoms with Gasteiger partial charge in [-0.2, -0.15) is 0 Å². The molecule has 1 aromatic carbocycles. The molecule has 0 radical (unpaired) electrons. The number of nitrogens with zero attached hydrogens (tertiary/aromatic N) is 3. The quantitative estimate of drug-likeness (QED) is 0.592. The predicted molar refractivity (Wildman–Crippen MR) is 103 cm³/mol. The van der Waals surface area contributed by atoms with Gasteiger partial charge in [-0.25, -0.2) is 4.98 Å². The second-order valence-corrected chi connectivity index (χ2v) is 7.43. The SMILES string of the molecule is COc1ccccc1N1CCCC(ON=C(C)c2sc(C)nc2C)C1=O. The van der Waals surface area contributed by atoms with Gasteiger partial charge in [-0.15, -0.1) is 11.3 Å². The van der Waals surface area contributed by atoms with E-state index >= 15 is 0 Å². The number of ether oxygens (including phenoxy) is 1. The summed E-state index contributed by atoms with van der Waals surface area (Å²) in [5, 5.41) is 5.21. The number of carbonyl (C=O) groups excluding carboxylic acids is 1. The molecule has 1 unspecified atom stereocenters. The molecule has 6 nitrogen and oxygen atoms in total. The molecule has 2 aromatic rings. The summed E-state index contributed by atoms with van der Waals surface area (Å²) >= 11 is 1.58. The van der Waals surface area contributed by atoms with E-state index in [1.807, 2.05) is 45.0 Å². The maximum absolute atomic E-state index is 12.9. The Hall–Kier alpha value is -2.41. The van der Waals surface area contributed by atoms with Crippen molar-refractivity contribution in [2.45, 2.75) is 39.7 Å². The van der Waals surface area contributed by atoms with Crippen molar-refractivity contribution in [1.29, 1.82) is 0 Å². The van der Waals surface area contributed by atoms with Crippen LogP contribution in [0.3, 0.4) is 0 Å². The third-order valence-electron chi connectivity index (χ3n) is 4.31. The molecule has 0 saturated carbocycles. The Morgan fingerprint density at radius 1 is 1.35 bits per heavy atom. The van der Waals surface area contributed by atoms with Crippen molar-refractivity contribution >= 4 is 28.6 Å². The molecule has 0 spiro atoms. The summed E-state index contributed by atoms with van der Waals surface area (Å²) in [4.78, 5) is 25.6. The molecule has 1 atom stereocenters. The summed E-state index contributed by atoms with van der Waals surface area (Å²) in [6.45, 7) is 6.44. The second kappa shape index (κ2) is 7.86. The maximum Gasteiger partial charge on any atom is 0.270 e. The van der Waals surface area contributed by atoms with Crippen LogP contribution in [0.25, 0.3) is 0 Å². The second-order valence-electron chi connectivity index (χ2n) is 6.22. The number of aryl methyl sites for hydroxylation is 2. The minimum Gasteiger partial charge on any atom is -0.495 e. The number of oxime groups is 1. The first-order valence-electron chi connectivity index (χ1n) is 8.60. The summed E-state index contributed by atoms with van der Waals surface area (Å²) in [6.07, 6.45) is 0.918. The lowest BCUT2D eigenvalue weighted by molar-refractivity contribution is -0.132. The molecular weight excluding hydrogens is 350 g/mol. The molecule has 26 heavy (non-hydrogen) atoms. The van der Waals surface area contributed by atoms with Gasteiger partial charge in [-0.1, -0.05) is 17.3 Å². The smallest absolute Gasteiger partial charge is 0.270 e. The van der Waals surface area contributed by atoms with Crippen LogP contribution in [-0.2, 0) is 9.63 Å². The average molecular weight is 373 g/mol. The van der Waals surface area contributed by atoms with Crippen LogP contribution in [0.5, 0.6) is 5.75 Å². The van der Waals surface area contributed by atoms with Crippen LogP contribution in [0.4, 0.5) is 5.69 Å². The summed E-state index contributed by atoms with van der Waals surface area (Å²) in [7, 11) is 1.61. The van der Waals surface area contributed by atoms with E-state index in [-0.39, 0.29) is 5.91 Å². The van der Waals surface area contributed by atoms with E-state index in [4.69, 9.17) is 9.57 Å². The maximum atomic E-state index is 12.9. The third kappa shape index (κ3) is 3.72. The van der Waals surface area contributed by atoms with Gasteiger partial charge < -0.3 is 14.5 Å². The highest BCUT2D eigenvalue weighted by Gasteiger charge is 2.33. The molecule has 3 rings (SSSR count). The Bertz CT molecular complexity index is 831. The highest BCUT2D eigenvalue weighted by molar-refractivity contribution is 7.13. The Labute approximate surface area is 157 Å². The molecule has 7 heteroatoms. The Morgan fingerprint density at radius 3 is 2.81 bits per heavy atom. The van der Waals surface area contributed by atoms with E-state index in [0.29, 0.717) is 18.7 Å². The van der Waals surface area contributed by atoms with Gasteiger partial charge in [-0.3, -0.25) is 4.79 Å². The normalized spacial score (nSPS) is 18.2. The monoisotopic (exact) mass is 373 g/mol. The standard InChI is InChI=1S/C19H23N3O3S/c1-12-18(26-14(3)20-12)13(2)21-25-17-10-7-11-22(19(17)23)15-8-5-6-9-16(15)24-4/h5-6,8-9,17H,7,10-11H2,1-4H3. The molecule has 1 amide bonds. The molecule has 1 aliphatic rings. The molecule has 0 aliphatic carbocycles. The number of benzene rings is 1. The van der Waals surface area contributed by atoms with Crippen LogP contribution in [0, 0.1) is 13.8 Å². The zero-order valence-corrected chi connectivity index (χ0v) is 16.3. The van der Waals surface area contributed by atoms with Crippen LogP contribution >= 0.6 is 11.3 Å². The number of rotatable bonds is 5. The number of hydrogen-bond acceptors (Lipinski definition) is 6. The zero-order chi connectivity index (χ0) is 18.7. The van der Waals surface area contributed by atoms with Crippen LogP contribution in [0.15, 0.2) is 29.4 Å².